The van der Waals surface area contributed by atoms with Crippen molar-refractivity contribution in [1.82, 2.24) is 4.98 Å². The van der Waals surface area contributed by atoms with E-state index in [0.29, 0.717) is 23.5 Å². The Balaban J connectivity index is 2.08. The maximum atomic E-state index is 12.7. The second-order valence-corrected chi connectivity index (χ2v) is 4.38. The molecule has 1 aromatic carbocycles. The first-order valence-electron chi connectivity index (χ1n) is 5.85. The molecule has 0 aliphatic carbocycles. The lowest BCUT2D eigenvalue weighted by atomic mass is 10.2. The van der Waals surface area contributed by atoms with Gasteiger partial charge in [0.1, 0.15) is 22.9 Å². The fourth-order valence-electron chi connectivity index (χ4n) is 2.02. The van der Waals surface area contributed by atoms with E-state index in [-0.39, 0.29) is 11.6 Å². The summed E-state index contributed by atoms with van der Waals surface area (Å²) in [4.78, 5) is 3.60. The van der Waals surface area contributed by atoms with Gasteiger partial charge in [-0.3, -0.25) is 0 Å². The average Bonchev–Trinajstić information content (AvgIpc) is 2.57. The summed E-state index contributed by atoms with van der Waals surface area (Å²) in [5, 5.41) is 15.6. The quantitative estimate of drug-likeness (QED) is 0.647. The van der Waals surface area contributed by atoms with Crippen molar-refractivity contribution in [2.75, 3.05) is 10.6 Å². The Morgan fingerprint density at radius 2 is 1.95 bits per heavy atom. The van der Waals surface area contributed by atoms with Crippen LogP contribution in [0.15, 0.2) is 30.3 Å². The minimum Gasteiger partial charge on any atom is -0.506 e. The van der Waals surface area contributed by atoms with E-state index in [1.54, 1.807) is 12.1 Å². The monoisotopic (exact) mass is 281 g/mol. The molecular weight excluding hydrogens is 271 g/mol. The van der Waals surface area contributed by atoms with Gasteiger partial charge in [-0.05, 0) is 18.2 Å². The zero-order chi connectivity index (χ0) is 14.3. The molecule has 0 radical (unpaired) electrons. The molecule has 7 heteroatoms. The molecule has 0 fully saturated rings. The van der Waals surface area contributed by atoms with Crippen LogP contribution < -0.4 is 10.6 Å². The Kier molecular flexibility index (Phi) is 2.70. The Bertz CT molecular complexity index is 670. The second-order valence-electron chi connectivity index (χ2n) is 4.38. The Morgan fingerprint density at radius 1 is 1.15 bits per heavy atom. The van der Waals surface area contributed by atoms with Gasteiger partial charge in [0.15, 0.2) is 0 Å². The number of anilines is 3. The van der Waals surface area contributed by atoms with E-state index < -0.39 is 11.9 Å². The van der Waals surface area contributed by atoms with Crippen molar-refractivity contribution in [1.29, 1.82) is 0 Å². The van der Waals surface area contributed by atoms with Crippen LogP contribution in [0.1, 0.15) is 11.3 Å². The SMILES string of the molecule is Oc1cccc2c1Nc1nc(C(F)(F)F)ccc1CN2. The lowest BCUT2D eigenvalue weighted by molar-refractivity contribution is -0.141. The van der Waals surface area contributed by atoms with E-state index in [1.165, 1.54) is 12.1 Å². The summed E-state index contributed by atoms with van der Waals surface area (Å²) in [6.07, 6.45) is -4.50. The number of fused-ring (bicyclic) bond motifs is 2. The number of benzene rings is 1. The van der Waals surface area contributed by atoms with Crippen LogP contribution in [0.25, 0.3) is 0 Å². The van der Waals surface area contributed by atoms with Gasteiger partial charge >= 0.3 is 6.18 Å². The van der Waals surface area contributed by atoms with Crippen LogP contribution in [-0.4, -0.2) is 10.1 Å². The molecule has 0 atom stereocenters. The zero-order valence-electron chi connectivity index (χ0n) is 10.1. The van der Waals surface area contributed by atoms with Gasteiger partial charge in [0, 0.05) is 12.1 Å². The molecule has 20 heavy (non-hydrogen) atoms. The predicted octanol–water partition coefficient (Wildman–Crippen LogP) is 3.48. The number of aromatic nitrogens is 1. The molecule has 2 aromatic rings. The van der Waals surface area contributed by atoms with E-state index >= 15 is 0 Å². The van der Waals surface area contributed by atoms with E-state index in [9.17, 15) is 18.3 Å². The van der Waals surface area contributed by atoms with Crippen molar-refractivity contribution in [2.45, 2.75) is 12.7 Å². The van der Waals surface area contributed by atoms with Crippen LogP contribution in [0.2, 0.25) is 0 Å². The van der Waals surface area contributed by atoms with Crippen molar-refractivity contribution < 1.29 is 18.3 Å². The number of pyridine rings is 1. The third kappa shape index (κ3) is 2.11. The lowest BCUT2D eigenvalue weighted by Crippen LogP contribution is -2.10. The number of nitrogens with zero attached hydrogens (tertiary/aromatic N) is 1. The highest BCUT2D eigenvalue weighted by atomic mass is 19.4. The van der Waals surface area contributed by atoms with Gasteiger partial charge in [-0.1, -0.05) is 12.1 Å². The normalized spacial score (nSPS) is 13.6. The average molecular weight is 281 g/mol. The van der Waals surface area contributed by atoms with Crippen LogP contribution in [0.5, 0.6) is 5.75 Å². The highest BCUT2D eigenvalue weighted by Crippen LogP contribution is 2.38. The van der Waals surface area contributed by atoms with Crippen LogP contribution in [0.3, 0.4) is 0 Å². The van der Waals surface area contributed by atoms with Gasteiger partial charge in [0.25, 0.3) is 0 Å². The molecule has 0 amide bonds. The van der Waals surface area contributed by atoms with Gasteiger partial charge in [-0.15, -0.1) is 0 Å². The summed E-state index contributed by atoms with van der Waals surface area (Å²) in [7, 11) is 0. The number of hydrogen-bond acceptors (Lipinski definition) is 4. The molecule has 2 heterocycles. The van der Waals surface area contributed by atoms with Crippen molar-refractivity contribution >= 4 is 17.2 Å². The zero-order valence-corrected chi connectivity index (χ0v) is 10.1. The number of para-hydroxylation sites is 1. The number of hydrogen-bond donors (Lipinski definition) is 3. The summed E-state index contributed by atoms with van der Waals surface area (Å²) >= 11 is 0. The highest BCUT2D eigenvalue weighted by molar-refractivity contribution is 5.81. The van der Waals surface area contributed by atoms with Crippen molar-refractivity contribution in [3.05, 3.63) is 41.6 Å². The molecule has 0 unspecified atom stereocenters. The molecular formula is C13H10F3N3O. The Hall–Kier alpha value is -2.44. The predicted molar refractivity (Wildman–Crippen MR) is 68.0 cm³/mol. The van der Waals surface area contributed by atoms with Crippen LogP contribution >= 0.6 is 0 Å². The second kappa shape index (κ2) is 4.29. The first kappa shape index (κ1) is 12.6. The number of alkyl halides is 3. The van der Waals surface area contributed by atoms with Crippen molar-refractivity contribution in [2.24, 2.45) is 0 Å². The molecule has 0 bridgehead atoms. The van der Waals surface area contributed by atoms with Crippen molar-refractivity contribution in [3.8, 4) is 5.75 Å². The largest absolute Gasteiger partial charge is 0.506 e. The molecule has 4 nitrogen and oxygen atoms in total. The number of nitrogens with one attached hydrogen (secondary N) is 2. The molecule has 1 aliphatic heterocycles. The maximum absolute atomic E-state index is 12.7. The first-order chi connectivity index (χ1) is 9.45. The lowest BCUT2D eigenvalue weighted by Gasteiger charge is -2.12. The molecule has 0 saturated carbocycles. The van der Waals surface area contributed by atoms with E-state index in [0.717, 1.165) is 6.07 Å². The molecule has 1 aromatic heterocycles. The standard InChI is InChI=1S/C13H10F3N3O/c14-13(15,16)10-5-4-7-6-17-8-2-1-3-9(20)11(8)19-12(7)18-10/h1-5,17,20H,6H2,(H,18,19). The maximum Gasteiger partial charge on any atom is 0.433 e. The third-order valence-corrected chi connectivity index (χ3v) is 3.02. The first-order valence-corrected chi connectivity index (χ1v) is 5.85. The van der Waals surface area contributed by atoms with E-state index in [1.807, 2.05) is 0 Å². The molecule has 3 rings (SSSR count). The molecule has 104 valence electrons. The van der Waals surface area contributed by atoms with Crippen LogP contribution in [0, 0.1) is 0 Å². The van der Waals surface area contributed by atoms with Gasteiger partial charge in [-0.2, -0.15) is 13.2 Å². The minimum absolute atomic E-state index is 0.0536. The van der Waals surface area contributed by atoms with Crippen LogP contribution in [-0.2, 0) is 12.7 Å². The summed E-state index contributed by atoms with van der Waals surface area (Å²) in [5.74, 6) is 0.0367. The number of phenolic OH excluding ortho intramolecular Hbond substituents is 1. The highest BCUT2D eigenvalue weighted by Gasteiger charge is 2.33. The van der Waals surface area contributed by atoms with Gasteiger partial charge in [-0.25, -0.2) is 4.98 Å². The van der Waals surface area contributed by atoms with Gasteiger partial charge in [0.05, 0.1) is 5.69 Å². The topological polar surface area (TPSA) is 57.2 Å². The molecule has 0 saturated heterocycles. The third-order valence-electron chi connectivity index (χ3n) is 3.02. The van der Waals surface area contributed by atoms with E-state index in [4.69, 9.17) is 0 Å². The van der Waals surface area contributed by atoms with Gasteiger partial charge in [0.2, 0.25) is 0 Å². The molecule has 3 N–H and O–H groups in total. The smallest absolute Gasteiger partial charge is 0.433 e. The fourth-order valence-corrected chi connectivity index (χ4v) is 2.02. The summed E-state index contributed by atoms with van der Waals surface area (Å²) in [5.41, 5.74) is 0.547. The Morgan fingerprint density at radius 3 is 2.70 bits per heavy atom. The minimum atomic E-state index is -4.50. The van der Waals surface area contributed by atoms with Crippen LogP contribution in [0.4, 0.5) is 30.4 Å². The summed E-state index contributed by atoms with van der Waals surface area (Å²) < 4.78 is 38.0. The molecule has 0 spiro atoms. The number of aromatic hydroxyl groups is 1. The number of phenols is 1. The number of halogens is 3. The van der Waals surface area contributed by atoms with E-state index in [2.05, 4.69) is 15.6 Å². The van der Waals surface area contributed by atoms with Crippen molar-refractivity contribution in [3.63, 3.8) is 0 Å². The number of rotatable bonds is 0. The molecule has 1 aliphatic rings. The Labute approximate surface area is 112 Å². The summed E-state index contributed by atoms with van der Waals surface area (Å²) in [6.45, 7) is 0.323. The van der Waals surface area contributed by atoms with Gasteiger partial charge < -0.3 is 15.7 Å². The fraction of sp³-hybridized carbons (Fsp3) is 0.154. The summed E-state index contributed by atoms with van der Waals surface area (Å²) in [6, 6.07) is 7.13.